The minimum Gasteiger partial charge on any atom is -0.458 e. The predicted molar refractivity (Wildman–Crippen MR) is 121 cm³/mol. The molecule has 0 aromatic heterocycles. The first-order valence-corrected chi connectivity index (χ1v) is 10.2. The summed E-state index contributed by atoms with van der Waals surface area (Å²) in [4.78, 5) is 36.6. The minimum absolute atomic E-state index is 0.0500. The van der Waals surface area contributed by atoms with E-state index in [0.29, 0.717) is 5.56 Å². The van der Waals surface area contributed by atoms with Gasteiger partial charge in [0, 0.05) is 12.0 Å². The van der Waals surface area contributed by atoms with Crippen LogP contribution in [0.4, 0.5) is 5.69 Å². The van der Waals surface area contributed by atoms with Gasteiger partial charge in [-0.3, -0.25) is 9.80 Å². The zero-order valence-corrected chi connectivity index (χ0v) is 19.0. The van der Waals surface area contributed by atoms with Crippen LogP contribution in [0.15, 0.2) is 53.7 Å². The fraction of sp³-hybridized carbons (Fsp3) is 0.417. The van der Waals surface area contributed by atoms with Crippen LogP contribution in [0.3, 0.4) is 0 Å². The molecule has 0 fully saturated rings. The molecule has 7 nitrogen and oxygen atoms in total. The predicted octanol–water partition coefficient (Wildman–Crippen LogP) is 4.65. The van der Waals surface area contributed by atoms with E-state index in [1.54, 1.807) is 57.2 Å². The van der Waals surface area contributed by atoms with Crippen molar-refractivity contribution in [1.29, 1.82) is 0 Å². The number of benzene rings is 2. The van der Waals surface area contributed by atoms with Gasteiger partial charge in [-0.1, -0.05) is 45.0 Å². The molecule has 1 atom stereocenters. The normalized spacial score (nSPS) is 12.7. The summed E-state index contributed by atoms with van der Waals surface area (Å²) in [6.45, 7) is 11.5. The average molecular weight is 426 g/mol. The zero-order chi connectivity index (χ0) is 23.4. The van der Waals surface area contributed by atoms with Crippen LogP contribution in [-0.2, 0) is 21.4 Å². The molecular formula is C24H31N3O4. The van der Waals surface area contributed by atoms with E-state index in [1.807, 2.05) is 12.1 Å². The Labute approximate surface area is 183 Å². The maximum Gasteiger partial charge on any atom is 0.331 e. The van der Waals surface area contributed by atoms with Crippen molar-refractivity contribution in [2.45, 2.75) is 65.0 Å². The van der Waals surface area contributed by atoms with Crippen LogP contribution in [0.25, 0.3) is 0 Å². The van der Waals surface area contributed by atoms with Gasteiger partial charge in [0.1, 0.15) is 17.3 Å². The summed E-state index contributed by atoms with van der Waals surface area (Å²) in [5, 5.41) is 3.79. The molecule has 0 heterocycles. The molecule has 0 radical (unpaired) electrons. The Kier molecular flexibility index (Phi) is 7.33. The van der Waals surface area contributed by atoms with E-state index in [4.69, 9.17) is 10.6 Å². The highest BCUT2D eigenvalue weighted by atomic mass is 16.6. The number of nitroso groups, excluding NO2 is 1. The third kappa shape index (κ3) is 6.72. The zero-order valence-electron chi connectivity index (χ0n) is 19.0. The molecule has 0 aliphatic carbocycles. The van der Waals surface area contributed by atoms with E-state index in [0.717, 1.165) is 16.1 Å². The summed E-state index contributed by atoms with van der Waals surface area (Å²) in [7, 11) is 0. The number of carbonyl (C=O) groups excluding carboxylic acids is 2. The van der Waals surface area contributed by atoms with Gasteiger partial charge < -0.3 is 4.74 Å². The topological polar surface area (TPSA) is 102 Å². The average Bonchev–Trinajstić information content (AvgIpc) is 2.69. The summed E-state index contributed by atoms with van der Waals surface area (Å²) in [5.41, 5.74) is 1.67. The summed E-state index contributed by atoms with van der Waals surface area (Å²) in [5.74, 6) is 5.07. The van der Waals surface area contributed by atoms with Crippen LogP contribution < -0.4 is 5.84 Å². The molecule has 0 aliphatic rings. The summed E-state index contributed by atoms with van der Waals surface area (Å²) in [6.07, 6.45) is 0.135. The van der Waals surface area contributed by atoms with Gasteiger partial charge in [-0.15, -0.1) is 4.91 Å². The van der Waals surface area contributed by atoms with Crippen LogP contribution in [0.5, 0.6) is 0 Å². The van der Waals surface area contributed by atoms with Gasteiger partial charge in [0.15, 0.2) is 0 Å². The Hall–Kier alpha value is -3.06. The number of nitrogens with zero attached hydrogens (tertiary/aromatic N) is 2. The Morgan fingerprint density at radius 2 is 1.52 bits per heavy atom. The molecular weight excluding hydrogens is 394 g/mol. The smallest absolute Gasteiger partial charge is 0.331 e. The van der Waals surface area contributed by atoms with Gasteiger partial charge in [-0.2, -0.15) is 0 Å². The van der Waals surface area contributed by atoms with Crippen molar-refractivity contribution in [1.82, 2.24) is 5.01 Å². The number of hydrazine groups is 1. The molecule has 31 heavy (non-hydrogen) atoms. The molecule has 0 bridgehead atoms. The molecule has 1 amide bonds. The number of nitrogens with two attached hydrogens (primary N) is 1. The van der Waals surface area contributed by atoms with E-state index < -0.39 is 23.5 Å². The molecule has 0 saturated heterocycles. The Balaban J connectivity index is 2.30. The maximum atomic E-state index is 13.0. The number of carbonyl (C=O) groups is 2. The lowest BCUT2D eigenvalue weighted by molar-refractivity contribution is -0.160. The third-order valence-electron chi connectivity index (χ3n) is 4.72. The number of ether oxygens (including phenoxy) is 1. The highest BCUT2D eigenvalue weighted by molar-refractivity contribution is 5.96. The van der Waals surface area contributed by atoms with Crippen LogP contribution in [0.1, 0.15) is 63.0 Å². The minimum atomic E-state index is -1.04. The van der Waals surface area contributed by atoms with Crippen LogP contribution in [0.2, 0.25) is 0 Å². The van der Waals surface area contributed by atoms with Crippen molar-refractivity contribution >= 4 is 17.6 Å². The quantitative estimate of drug-likeness (QED) is 0.239. The van der Waals surface area contributed by atoms with Crippen LogP contribution in [-0.4, -0.2) is 28.5 Å². The van der Waals surface area contributed by atoms with Gasteiger partial charge in [-0.05, 0) is 66.8 Å². The number of hydrogen-bond acceptors (Lipinski definition) is 6. The van der Waals surface area contributed by atoms with E-state index in [1.165, 1.54) is 0 Å². The SMILES string of the molecule is CC(C)(C)OC(=O)[C@H](Cc1ccc(N=O)cc1)N(N)C(=O)c1ccc(C(C)(C)C)cc1. The molecule has 0 spiro atoms. The number of rotatable bonds is 6. The molecule has 0 saturated carbocycles. The number of amides is 1. The monoisotopic (exact) mass is 425 g/mol. The Morgan fingerprint density at radius 3 is 1.97 bits per heavy atom. The molecule has 7 heteroatoms. The van der Waals surface area contributed by atoms with E-state index in [9.17, 15) is 14.5 Å². The van der Waals surface area contributed by atoms with Gasteiger partial charge in [-0.25, -0.2) is 10.6 Å². The van der Waals surface area contributed by atoms with E-state index >= 15 is 0 Å². The molecule has 2 aromatic rings. The lowest BCUT2D eigenvalue weighted by Crippen LogP contribution is -2.52. The van der Waals surface area contributed by atoms with Crippen molar-refractivity contribution in [3.8, 4) is 0 Å². The number of hydrogen-bond donors (Lipinski definition) is 1. The number of esters is 1. The molecule has 2 aromatic carbocycles. The van der Waals surface area contributed by atoms with Crippen molar-refractivity contribution in [2.75, 3.05) is 0 Å². The van der Waals surface area contributed by atoms with Crippen LogP contribution in [0, 0.1) is 4.91 Å². The second kappa shape index (κ2) is 9.39. The Bertz CT molecular complexity index is 923. The molecule has 2 rings (SSSR count). The van der Waals surface area contributed by atoms with Gasteiger partial charge >= 0.3 is 5.97 Å². The fourth-order valence-corrected chi connectivity index (χ4v) is 2.98. The van der Waals surface area contributed by atoms with E-state index in [2.05, 4.69) is 25.9 Å². The summed E-state index contributed by atoms with van der Waals surface area (Å²) < 4.78 is 5.51. The molecule has 2 N–H and O–H groups in total. The Morgan fingerprint density at radius 1 is 0.968 bits per heavy atom. The molecule has 0 unspecified atom stereocenters. The van der Waals surface area contributed by atoms with Crippen molar-refractivity contribution in [2.24, 2.45) is 11.0 Å². The highest BCUT2D eigenvalue weighted by Gasteiger charge is 2.33. The van der Waals surface area contributed by atoms with Gasteiger partial charge in [0.25, 0.3) is 5.91 Å². The summed E-state index contributed by atoms with van der Waals surface area (Å²) in [6, 6.07) is 12.6. The second-order valence-corrected chi connectivity index (χ2v) is 9.55. The fourth-order valence-electron chi connectivity index (χ4n) is 2.98. The van der Waals surface area contributed by atoms with Gasteiger partial charge in [0.05, 0.1) is 0 Å². The first kappa shape index (κ1) is 24.2. The lowest BCUT2D eigenvalue weighted by Gasteiger charge is -2.29. The first-order chi connectivity index (χ1) is 14.3. The second-order valence-electron chi connectivity index (χ2n) is 9.55. The van der Waals surface area contributed by atoms with E-state index in [-0.39, 0.29) is 17.5 Å². The molecule has 0 aliphatic heterocycles. The lowest BCUT2D eigenvalue weighted by atomic mass is 9.86. The van der Waals surface area contributed by atoms with Crippen LogP contribution >= 0.6 is 0 Å². The maximum absolute atomic E-state index is 13.0. The highest BCUT2D eigenvalue weighted by Crippen LogP contribution is 2.23. The standard InChI is InChI=1S/C24H31N3O4/c1-23(2,3)18-11-9-17(10-12-18)21(28)27(25)20(22(29)31-24(4,5)6)15-16-7-13-19(26-30)14-8-16/h7-14,20H,15,25H2,1-6H3/t20-/m0/s1. The largest absolute Gasteiger partial charge is 0.458 e. The van der Waals surface area contributed by atoms with Crippen molar-refractivity contribution in [3.63, 3.8) is 0 Å². The van der Waals surface area contributed by atoms with Gasteiger partial charge in [0.2, 0.25) is 0 Å². The summed E-state index contributed by atoms with van der Waals surface area (Å²) >= 11 is 0. The van der Waals surface area contributed by atoms with Crippen molar-refractivity contribution < 1.29 is 14.3 Å². The molecule has 166 valence electrons. The van der Waals surface area contributed by atoms with Crippen molar-refractivity contribution in [3.05, 3.63) is 70.1 Å². The first-order valence-electron chi connectivity index (χ1n) is 10.2. The third-order valence-corrected chi connectivity index (χ3v) is 4.72.